The highest BCUT2D eigenvalue weighted by atomic mass is 32.3. The van der Waals surface area contributed by atoms with Crippen molar-refractivity contribution in [1.82, 2.24) is 20.1 Å². The molecular weight excluding hydrogens is 555 g/mol. The number of halogens is 3. The predicted octanol–water partition coefficient (Wildman–Crippen LogP) is 4.56. The molecule has 41 heavy (non-hydrogen) atoms. The highest BCUT2D eigenvalue weighted by molar-refractivity contribution is 7.98. The van der Waals surface area contributed by atoms with E-state index in [1.165, 1.54) is 29.9 Å². The molecule has 3 N–H and O–H groups in total. The SMILES string of the molecule is C[C@@H](C#N)NC(=O)[C@@H]1CCC(F)(F)C[C@H]1c1nn(-c2ncccc2F)cc1-c1ccc(N2CC[SH](=N)(O)CC2)cc1. The van der Waals surface area contributed by atoms with Crippen LogP contribution in [0, 0.1) is 27.8 Å². The highest BCUT2D eigenvalue weighted by Crippen LogP contribution is 2.47. The summed E-state index contributed by atoms with van der Waals surface area (Å²) in [5.41, 5.74) is 2.24. The van der Waals surface area contributed by atoms with Crippen LogP contribution in [0.4, 0.5) is 18.9 Å². The van der Waals surface area contributed by atoms with Gasteiger partial charge in [0.1, 0.15) is 6.04 Å². The zero-order valence-electron chi connectivity index (χ0n) is 22.5. The molecule has 0 radical (unpaired) electrons. The van der Waals surface area contributed by atoms with E-state index < -0.39 is 58.5 Å². The number of nitrogens with one attached hydrogen (secondary N) is 2. The zero-order chi connectivity index (χ0) is 29.4. The molecule has 3 atom stereocenters. The van der Waals surface area contributed by atoms with Crippen LogP contribution in [0.5, 0.6) is 0 Å². The highest BCUT2D eigenvalue weighted by Gasteiger charge is 2.46. The molecule has 218 valence electrons. The number of alkyl halides is 2. The molecule has 2 aromatic heterocycles. The van der Waals surface area contributed by atoms with Gasteiger partial charge >= 0.3 is 0 Å². The van der Waals surface area contributed by atoms with Gasteiger partial charge in [-0.25, -0.2) is 22.8 Å². The summed E-state index contributed by atoms with van der Waals surface area (Å²) in [6.45, 7) is 2.64. The van der Waals surface area contributed by atoms with Crippen LogP contribution in [0.25, 0.3) is 16.9 Å². The van der Waals surface area contributed by atoms with Gasteiger partial charge in [-0.05, 0) is 43.2 Å². The zero-order valence-corrected chi connectivity index (χ0v) is 23.4. The lowest BCUT2D eigenvalue weighted by Gasteiger charge is -2.36. The minimum Gasteiger partial charge on any atom is -0.370 e. The first kappa shape index (κ1) is 28.8. The van der Waals surface area contributed by atoms with Crippen molar-refractivity contribution in [3.8, 4) is 23.0 Å². The Bertz CT molecular complexity index is 1510. The normalized spacial score (nSPS) is 23.3. The molecule has 2 fully saturated rings. The maximum Gasteiger partial charge on any atom is 0.248 e. The monoisotopic (exact) mass is 587 g/mol. The third-order valence-electron chi connectivity index (χ3n) is 7.79. The van der Waals surface area contributed by atoms with E-state index in [1.54, 1.807) is 6.20 Å². The Morgan fingerprint density at radius 1 is 1.27 bits per heavy atom. The van der Waals surface area contributed by atoms with Gasteiger partial charge in [0.15, 0.2) is 11.6 Å². The van der Waals surface area contributed by atoms with Gasteiger partial charge in [0, 0.05) is 72.9 Å². The molecule has 3 heterocycles. The number of benzene rings is 1. The van der Waals surface area contributed by atoms with Gasteiger partial charge in [0.25, 0.3) is 0 Å². The van der Waals surface area contributed by atoms with Crippen LogP contribution >= 0.6 is 0 Å². The first-order valence-electron chi connectivity index (χ1n) is 13.4. The standard InChI is InChI=1S/C28H32F3N7O2S/c1-18(16-32)35-27(39)21-8-9-28(30,31)15-22(21)25-23(17-38(36-25)26-24(29)3-2-10-34-26)19-4-6-20(7-5-19)37-11-13-41(33,40)14-12-37/h2-7,10,17-18,21-22,41H,8-9,11-15H2,1H3,(H2,33,40)(H,35,39)/t18-,21+,22+/m0/s1. The third-order valence-corrected chi connectivity index (χ3v) is 9.67. The van der Waals surface area contributed by atoms with Gasteiger partial charge < -0.3 is 14.8 Å². The lowest BCUT2D eigenvalue weighted by Crippen LogP contribution is -2.43. The first-order valence-corrected chi connectivity index (χ1v) is 15.6. The predicted molar refractivity (Wildman–Crippen MR) is 151 cm³/mol. The smallest absolute Gasteiger partial charge is 0.248 e. The second kappa shape index (κ2) is 11.3. The molecule has 0 unspecified atom stereocenters. The van der Waals surface area contributed by atoms with Gasteiger partial charge in [-0.1, -0.05) is 12.1 Å². The average Bonchev–Trinajstić information content (AvgIpc) is 3.38. The molecule has 1 aromatic carbocycles. The maximum absolute atomic E-state index is 14.8. The number of hydrogen-bond acceptors (Lipinski definition) is 6. The summed E-state index contributed by atoms with van der Waals surface area (Å²) >= 11 is 0. The topological polar surface area (TPSA) is 131 Å². The number of carbonyl (C=O) groups excluding carboxylic acids is 1. The fraction of sp³-hybridized carbons (Fsp3) is 0.429. The number of pyridine rings is 1. The van der Waals surface area contributed by atoms with E-state index in [-0.39, 0.29) is 17.9 Å². The Labute approximate surface area is 237 Å². The van der Waals surface area contributed by atoms with Gasteiger partial charge in [0.05, 0.1) is 11.8 Å². The molecule has 1 saturated heterocycles. The summed E-state index contributed by atoms with van der Waals surface area (Å²) in [5, 5.41) is 16.3. The number of amides is 1. The molecule has 1 aliphatic heterocycles. The van der Waals surface area contributed by atoms with Crippen LogP contribution in [0.15, 0.2) is 48.8 Å². The second-order valence-corrected chi connectivity index (χ2v) is 13.5. The Kier molecular flexibility index (Phi) is 7.89. The van der Waals surface area contributed by atoms with E-state index in [4.69, 9.17) is 4.78 Å². The van der Waals surface area contributed by atoms with Crippen molar-refractivity contribution >= 4 is 21.7 Å². The maximum atomic E-state index is 14.8. The minimum atomic E-state index is -3.03. The van der Waals surface area contributed by atoms with Crippen LogP contribution in [0.3, 0.4) is 0 Å². The second-order valence-electron chi connectivity index (χ2n) is 10.8. The average molecular weight is 588 g/mol. The van der Waals surface area contributed by atoms with Crippen molar-refractivity contribution < 1.29 is 22.5 Å². The molecule has 0 bridgehead atoms. The number of nitriles is 1. The van der Waals surface area contributed by atoms with E-state index in [2.05, 4.69) is 20.3 Å². The van der Waals surface area contributed by atoms with Crippen LogP contribution in [-0.2, 0) is 14.9 Å². The summed E-state index contributed by atoms with van der Waals surface area (Å²) < 4.78 is 63.6. The minimum absolute atomic E-state index is 0.0925. The number of thiol groups is 1. The molecule has 13 heteroatoms. The van der Waals surface area contributed by atoms with Crippen molar-refractivity contribution in [2.45, 2.75) is 44.1 Å². The Hall–Kier alpha value is -3.76. The summed E-state index contributed by atoms with van der Waals surface area (Å²) in [5.74, 6) is -5.28. The van der Waals surface area contributed by atoms with Crippen molar-refractivity contribution in [3.05, 3.63) is 60.3 Å². The number of hydrogen-bond donors (Lipinski definition) is 4. The van der Waals surface area contributed by atoms with Crippen molar-refractivity contribution in [3.63, 3.8) is 0 Å². The molecule has 9 nitrogen and oxygen atoms in total. The van der Waals surface area contributed by atoms with Gasteiger partial charge in [-0.15, -0.1) is 10.1 Å². The fourth-order valence-electron chi connectivity index (χ4n) is 5.53. The van der Waals surface area contributed by atoms with Gasteiger partial charge in [-0.2, -0.15) is 10.4 Å². The lowest BCUT2D eigenvalue weighted by molar-refractivity contribution is -0.131. The quantitative estimate of drug-likeness (QED) is 0.313. The van der Waals surface area contributed by atoms with Crippen molar-refractivity contribution in [2.24, 2.45) is 5.92 Å². The van der Waals surface area contributed by atoms with E-state index in [0.29, 0.717) is 35.7 Å². The van der Waals surface area contributed by atoms with Gasteiger partial charge in [-0.3, -0.25) is 9.57 Å². The number of anilines is 1. The number of rotatable bonds is 6. The fourth-order valence-corrected chi connectivity index (χ4v) is 6.90. The molecule has 1 amide bonds. The molecule has 2 aliphatic rings. The van der Waals surface area contributed by atoms with Crippen LogP contribution in [-0.4, -0.2) is 61.8 Å². The Morgan fingerprint density at radius 3 is 2.63 bits per heavy atom. The lowest BCUT2D eigenvalue weighted by atomic mass is 9.74. The number of nitrogens with zero attached hydrogens (tertiary/aromatic N) is 5. The summed E-state index contributed by atoms with van der Waals surface area (Å²) in [4.78, 5) is 19.3. The summed E-state index contributed by atoms with van der Waals surface area (Å²) in [7, 11) is -2.59. The molecule has 1 aliphatic carbocycles. The van der Waals surface area contributed by atoms with E-state index in [1.807, 2.05) is 30.3 Å². The van der Waals surface area contributed by atoms with Crippen LogP contribution in [0.1, 0.15) is 37.8 Å². The van der Waals surface area contributed by atoms with Crippen molar-refractivity contribution in [2.75, 3.05) is 29.5 Å². The van der Waals surface area contributed by atoms with Crippen LogP contribution < -0.4 is 10.2 Å². The van der Waals surface area contributed by atoms with E-state index in [0.717, 1.165) is 5.69 Å². The van der Waals surface area contributed by atoms with Crippen LogP contribution in [0.2, 0.25) is 0 Å². The number of carbonyl (C=O) groups is 1. The van der Waals surface area contributed by atoms with Gasteiger partial charge in [0.2, 0.25) is 11.8 Å². The van der Waals surface area contributed by atoms with Crippen molar-refractivity contribution in [1.29, 1.82) is 10.0 Å². The first-order chi connectivity index (χ1) is 19.5. The molecule has 0 spiro atoms. The Balaban J connectivity index is 1.56. The molecule has 5 rings (SSSR count). The Morgan fingerprint density at radius 2 is 1.98 bits per heavy atom. The van der Waals surface area contributed by atoms with E-state index in [9.17, 15) is 27.8 Å². The molecular formula is C28H32F3N7O2S. The largest absolute Gasteiger partial charge is 0.370 e. The summed E-state index contributed by atoms with van der Waals surface area (Å²) in [6.07, 6.45) is 1.77. The number of aromatic nitrogens is 3. The molecule has 3 aromatic rings. The summed E-state index contributed by atoms with van der Waals surface area (Å²) in [6, 6.07) is 11.2. The van der Waals surface area contributed by atoms with E-state index >= 15 is 0 Å². The molecule has 1 saturated carbocycles. The third kappa shape index (κ3) is 6.28.